The number of nitrogens with one attached hydrogen (secondary N) is 1. The summed E-state index contributed by atoms with van der Waals surface area (Å²) in [6, 6.07) is 1.03. The van der Waals surface area contributed by atoms with Gasteiger partial charge < -0.3 is 19.3 Å². The van der Waals surface area contributed by atoms with Crippen LogP contribution in [0.1, 0.15) is 49.4 Å². The van der Waals surface area contributed by atoms with Gasteiger partial charge in [-0.15, -0.1) is 0 Å². The first-order valence-electron chi connectivity index (χ1n) is 10.4. The van der Waals surface area contributed by atoms with Crippen molar-refractivity contribution in [3.63, 3.8) is 0 Å². The molecular weight excluding hydrogens is 430 g/mol. The molecule has 0 aliphatic carbocycles. The molecule has 0 bridgehead atoms. The summed E-state index contributed by atoms with van der Waals surface area (Å²) in [5.74, 6) is -1.22. The quantitative estimate of drug-likeness (QED) is 0.506. The predicted molar refractivity (Wildman–Crippen MR) is 127 cm³/mol. The molecule has 0 saturated heterocycles. The van der Waals surface area contributed by atoms with Crippen molar-refractivity contribution in [1.29, 1.82) is 0 Å². The van der Waals surface area contributed by atoms with Gasteiger partial charge in [-0.3, -0.25) is 4.79 Å². The molecule has 1 atom stereocenters. The van der Waals surface area contributed by atoms with Gasteiger partial charge >= 0.3 is 11.6 Å². The van der Waals surface area contributed by atoms with E-state index in [1.807, 2.05) is 19.9 Å². The molecule has 0 saturated carbocycles. The first-order chi connectivity index (χ1) is 15.0. The van der Waals surface area contributed by atoms with Gasteiger partial charge in [0.15, 0.2) is 0 Å². The van der Waals surface area contributed by atoms with E-state index >= 15 is 0 Å². The topological polar surface area (TPSA) is 110 Å². The summed E-state index contributed by atoms with van der Waals surface area (Å²) in [6.45, 7) is 10.1. The Morgan fingerprint density at radius 3 is 2.44 bits per heavy atom. The van der Waals surface area contributed by atoms with Crippen molar-refractivity contribution < 1.29 is 23.5 Å². The van der Waals surface area contributed by atoms with Gasteiger partial charge in [0.2, 0.25) is 5.91 Å². The fourth-order valence-electron chi connectivity index (χ4n) is 3.91. The van der Waals surface area contributed by atoms with Crippen molar-refractivity contribution >= 4 is 45.6 Å². The minimum absolute atomic E-state index is 0.00452. The third-order valence-corrected chi connectivity index (χ3v) is 6.39. The van der Waals surface area contributed by atoms with Gasteiger partial charge in [-0.1, -0.05) is 20.8 Å². The number of carbonyl (C=O) groups is 2. The van der Waals surface area contributed by atoms with E-state index in [0.717, 1.165) is 27.5 Å². The maximum absolute atomic E-state index is 12.7. The van der Waals surface area contributed by atoms with Gasteiger partial charge in [0.05, 0.1) is 6.26 Å². The molecule has 0 radical (unpaired) electrons. The first kappa shape index (κ1) is 23.9. The number of fused-ring (bicyclic) bond motifs is 2. The van der Waals surface area contributed by atoms with Crippen molar-refractivity contribution in [2.24, 2.45) is 0 Å². The van der Waals surface area contributed by atoms with Crippen LogP contribution in [0.25, 0.3) is 21.9 Å². The van der Waals surface area contributed by atoms with E-state index in [1.165, 1.54) is 11.8 Å². The Morgan fingerprint density at radius 2 is 1.84 bits per heavy atom. The average Bonchev–Trinajstić information content (AvgIpc) is 3.13. The van der Waals surface area contributed by atoms with Crippen LogP contribution in [-0.2, 0) is 21.4 Å². The van der Waals surface area contributed by atoms with Crippen molar-refractivity contribution in [2.75, 3.05) is 12.0 Å². The largest absolute Gasteiger partial charge is 0.480 e. The van der Waals surface area contributed by atoms with E-state index in [-0.39, 0.29) is 24.0 Å². The molecule has 0 spiro atoms. The fourth-order valence-corrected chi connectivity index (χ4v) is 4.47. The molecule has 0 unspecified atom stereocenters. The predicted octanol–water partition coefficient (Wildman–Crippen LogP) is 4.32. The molecular formula is C24H29NO6S. The molecule has 0 aliphatic rings. The lowest BCUT2D eigenvalue weighted by Crippen LogP contribution is -2.42. The van der Waals surface area contributed by atoms with E-state index < -0.39 is 23.5 Å². The Balaban J connectivity index is 1.98. The molecule has 0 aliphatic heterocycles. The summed E-state index contributed by atoms with van der Waals surface area (Å²) in [7, 11) is 0. The van der Waals surface area contributed by atoms with Gasteiger partial charge in [-0.2, -0.15) is 11.8 Å². The number of carboxylic acids is 1. The lowest BCUT2D eigenvalue weighted by Gasteiger charge is -2.17. The third kappa shape index (κ3) is 4.55. The Morgan fingerprint density at radius 1 is 1.16 bits per heavy atom. The lowest BCUT2D eigenvalue weighted by molar-refractivity contribution is -0.141. The van der Waals surface area contributed by atoms with Crippen LogP contribution >= 0.6 is 11.8 Å². The molecule has 172 valence electrons. The molecule has 7 nitrogen and oxygen atoms in total. The minimum atomic E-state index is -1.08. The Bertz CT molecular complexity index is 1250. The number of carboxylic acid groups (broad SMARTS) is 1. The highest BCUT2D eigenvalue weighted by atomic mass is 32.2. The van der Waals surface area contributed by atoms with E-state index in [4.69, 9.17) is 8.83 Å². The van der Waals surface area contributed by atoms with Crippen LogP contribution in [0.3, 0.4) is 0 Å². The van der Waals surface area contributed by atoms with Crippen LogP contribution in [0.2, 0.25) is 0 Å². The Kier molecular flexibility index (Phi) is 6.74. The van der Waals surface area contributed by atoms with Crippen LogP contribution in [0, 0.1) is 13.8 Å². The number of aryl methyl sites for hydroxylation is 2. The highest BCUT2D eigenvalue weighted by Crippen LogP contribution is 2.37. The summed E-state index contributed by atoms with van der Waals surface area (Å²) in [6.07, 6.45) is 3.68. The molecule has 2 aromatic heterocycles. The standard InChI is InChI=1S/C24H29NO6S/c1-12-14(7-8-19(26)25-18(11-32-6)22(27)28)23(29)31-21-13(2)20-16(9-15(12)21)17(10-30-20)24(3,4)5/h9-10,18H,7-8,11H2,1-6H3,(H,25,26)(H,27,28)/t18-/m0/s1. The van der Waals surface area contributed by atoms with Gasteiger partial charge in [0.25, 0.3) is 0 Å². The van der Waals surface area contributed by atoms with Gasteiger partial charge in [-0.05, 0) is 43.6 Å². The minimum Gasteiger partial charge on any atom is -0.480 e. The number of hydrogen-bond donors (Lipinski definition) is 2. The molecule has 3 rings (SSSR count). The van der Waals surface area contributed by atoms with E-state index in [2.05, 4.69) is 26.1 Å². The second kappa shape index (κ2) is 9.02. The second-order valence-corrected chi connectivity index (χ2v) is 9.97. The highest BCUT2D eigenvalue weighted by molar-refractivity contribution is 7.98. The van der Waals surface area contributed by atoms with Crippen LogP contribution < -0.4 is 10.9 Å². The molecule has 0 fully saturated rings. The fraction of sp³-hybridized carbons (Fsp3) is 0.458. The molecule has 2 heterocycles. The zero-order valence-corrected chi connectivity index (χ0v) is 20.1. The summed E-state index contributed by atoms with van der Waals surface area (Å²) in [4.78, 5) is 36.3. The maximum Gasteiger partial charge on any atom is 0.339 e. The molecule has 3 aromatic rings. The summed E-state index contributed by atoms with van der Waals surface area (Å²) in [5, 5.41) is 13.5. The van der Waals surface area contributed by atoms with E-state index in [1.54, 1.807) is 12.5 Å². The summed E-state index contributed by atoms with van der Waals surface area (Å²) < 4.78 is 11.5. The number of benzene rings is 1. The molecule has 8 heteroatoms. The number of aliphatic carboxylic acids is 1. The van der Waals surface area contributed by atoms with Gasteiger partial charge in [0.1, 0.15) is 17.2 Å². The highest BCUT2D eigenvalue weighted by Gasteiger charge is 2.24. The van der Waals surface area contributed by atoms with Crippen LogP contribution in [0.4, 0.5) is 0 Å². The SMILES string of the molecule is CSC[C@H](NC(=O)CCc1c(C)c2cc3c(C(C)(C)C)coc3c(C)c2oc1=O)C(=O)O. The van der Waals surface area contributed by atoms with E-state index in [0.29, 0.717) is 16.7 Å². The maximum atomic E-state index is 12.7. The zero-order chi connectivity index (χ0) is 23.8. The van der Waals surface area contributed by atoms with Crippen molar-refractivity contribution in [3.8, 4) is 0 Å². The summed E-state index contributed by atoms with van der Waals surface area (Å²) >= 11 is 1.34. The van der Waals surface area contributed by atoms with Crippen molar-refractivity contribution in [3.05, 3.63) is 45.0 Å². The van der Waals surface area contributed by atoms with Crippen molar-refractivity contribution in [1.82, 2.24) is 5.32 Å². The van der Waals surface area contributed by atoms with Crippen LogP contribution in [0.15, 0.2) is 26.0 Å². The Labute approximate surface area is 190 Å². The molecule has 1 amide bonds. The van der Waals surface area contributed by atoms with Crippen LogP contribution in [0.5, 0.6) is 0 Å². The first-order valence-corrected chi connectivity index (χ1v) is 11.8. The Hall–Kier alpha value is -2.74. The summed E-state index contributed by atoms with van der Waals surface area (Å²) in [5.41, 5.74) is 3.58. The van der Waals surface area contributed by atoms with Crippen LogP contribution in [-0.4, -0.2) is 35.0 Å². The number of thioether (sulfide) groups is 1. The monoisotopic (exact) mass is 459 g/mol. The van der Waals surface area contributed by atoms with Gasteiger partial charge in [-0.25, -0.2) is 9.59 Å². The number of carbonyl (C=O) groups excluding carboxylic acids is 1. The number of furan rings is 1. The molecule has 1 aromatic carbocycles. The van der Waals surface area contributed by atoms with Crippen molar-refractivity contribution in [2.45, 2.75) is 58.9 Å². The second-order valence-electron chi connectivity index (χ2n) is 9.06. The number of hydrogen-bond acceptors (Lipinski definition) is 6. The normalized spacial score (nSPS) is 12.9. The lowest BCUT2D eigenvalue weighted by atomic mass is 9.86. The zero-order valence-electron chi connectivity index (χ0n) is 19.3. The number of rotatable bonds is 7. The third-order valence-electron chi connectivity index (χ3n) is 5.72. The smallest absolute Gasteiger partial charge is 0.339 e. The van der Waals surface area contributed by atoms with Gasteiger partial charge in [0, 0.05) is 39.6 Å². The number of amides is 1. The molecule has 32 heavy (non-hydrogen) atoms. The average molecular weight is 460 g/mol. The van der Waals surface area contributed by atoms with E-state index in [9.17, 15) is 19.5 Å². The molecule has 2 N–H and O–H groups in total.